The van der Waals surface area contributed by atoms with E-state index in [2.05, 4.69) is 0 Å². The quantitative estimate of drug-likeness (QED) is 0.275. The first-order chi connectivity index (χ1) is 16.5. The van der Waals surface area contributed by atoms with Crippen LogP contribution in [0.5, 0.6) is 0 Å². The molecule has 6 aromatic rings. The second-order valence-corrected chi connectivity index (χ2v) is 11.8. The molecule has 0 fully saturated rings. The number of rotatable bonds is 0. The van der Waals surface area contributed by atoms with Crippen molar-refractivity contribution in [3.8, 4) is 24.3 Å². The Hall–Kier alpha value is -4.04. The number of nitriles is 4. The SMILES string of the molecule is Cc1nc2c3sc(=C(C#N)C#N)sc3c3nc(C)nc4c5sc(=C(C#N)C#N)sc5c(n1)c2c34. The Kier molecular flexibility index (Phi) is 4.37. The van der Waals surface area contributed by atoms with Crippen LogP contribution in [0.25, 0.3) is 62.8 Å². The summed E-state index contributed by atoms with van der Waals surface area (Å²) in [5.41, 5.74) is 2.99. The molecule has 0 amide bonds. The van der Waals surface area contributed by atoms with Gasteiger partial charge in [0.15, 0.2) is 11.1 Å². The third-order valence-corrected chi connectivity index (χ3v) is 10.4. The van der Waals surface area contributed by atoms with Gasteiger partial charge in [0.2, 0.25) is 0 Å². The molecule has 0 saturated carbocycles. The van der Waals surface area contributed by atoms with Crippen molar-refractivity contribution < 1.29 is 0 Å². The van der Waals surface area contributed by atoms with E-state index in [1.807, 2.05) is 38.1 Å². The second kappa shape index (κ2) is 7.23. The van der Waals surface area contributed by atoms with Crippen LogP contribution >= 0.6 is 45.3 Å². The number of aryl methyl sites for hydroxylation is 2. The molecule has 0 saturated heterocycles. The fourth-order valence-electron chi connectivity index (χ4n) is 3.93. The molecule has 8 nitrogen and oxygen atoms in total. The zero-order chi connectivity index (χ0) is 23.7. The summed E-state index contributed by atoms with van der Waals surface area (Å²) in [5.74, 6) is 1.14. The topological polar surface area (TPSA) is 147 Å². The van der Waals surface area contributed by atoms with Crippen LogP contribution in [-0.4, -0.2) is 19.9 Å². The summed E-state index contributed by atoms with van der Waals surface area (Å²) in [6.07, 6.45) is 0. The summed E-state index contributed by atoms with van der Waals surface area (Å²) < 4.78 is 4.56. The molecule has 0 aliphatic heterocycles. The van der Waals surface area contributed by atoms with Gasteiger partial charge in [0.25, 0.3) is 0 Å². The molecule has 0 aliphatic rings. The predicted molar refractivity (Wildman–Crippen MR) is 135 cm³/mol. The first-order valence-corrected chi connectivity index (χ1v) is 12.8. The lowest BCUT2D eigenvalue weighted by molar-refractivity contribution is 1.12. The Morgan fingerprint density at radius 1 is 0.529 bits per heavy atom. The molecular formula is C22H6N8S4. The van der Waals surface area contributed by atoms with Crippen LogP contribution in [0.3, 0.4) is 0 Å². The zero-order valence-electron chi connectivity index (χ0n) is 17.2. The molecule has 158 valence electrons. The molecule has 34 heavy (non-hydrogen) atoms. The average molecular weight is 511 g/mol. The van der Waals surface area contributed by atoms with Crippen molar-refractivity contribution in [2.45, 2.75) is 13.8 Å². The minimum Gasteiger partial charge on any atom is -0.232 e. The molecule has 4 aromatic heterocycles. The van der Waals surface area contributed by atoms with Crippen molar-refractivity contribution in [2.24, 2.45) is 0 Å². The number of fused-ring (bicyclic) bond motifs is 6. The molecule has 2 aromatic carbocycles. The standard InChI is InChI=1S/C22H6N8S4/c1-7-27-13-11-12-15(19-17(13)31-21(33-19)9(3-23)4-24)29-8(2)30-16(12)20-18(14(11)28-7)32-22(34-20)10(5-25)6-26/h1-2H3. The molecule has 0 spiro atoms. The summed E-state index contributed by atoms with van der Waals surface area (Å²) in [6, 6.07) is 7.92. The van der Waals surface area contributed by atoms with Gasteiger partial charge in [0.05, 0.1) is 40.9 Å². The maximum absolute atomic E-state index is 9.43. The largest absolute Gasteiger partial charge is 0.232 e. The number of nitrogens with zero attached hydrogens (tertiary/aromatic N) is 8. The highest BCUT2D eigenvalue weighted by Crippen LogP contribution is 2.45. The Bertz CT molecular complexity index is 1900. The normalized spacial score (nSPS) is 11.1. The van der Waals surface area contributed by atoms with Crippen LogP contribution in [0.4, 0.5) is 0 Å². The molecule has 12 heteroatoms. The van der Waals surface area contributed by atoms with Gasteiger partial charge in [-0.3, -0.25) is 0 Å². The maximum Gasteiger partial charge on any atom is 0.156 e. The van der Waals surface area contributed by atoms with Crippen molar-refractivity contribution in [2.75, 3.05) is 0 Å². The van der Waals surface area contributed by atoms with Crippen molar-refractivity contribution in [3.63, 3.8) is 0 Å². The van der Waals surface area contributed by atoms with Gasteiger partial charge in [-0.05, 0) is 13.8 Å². The van der Waals surface area contributed by atoms with Gasteiger partial charge < -0.3 is 0 Å². The van der Waals surface area contributed by atoms with Crippen LogP contribution in [0.2, 0.25) is 0 Å². The molecule has 4 heterocycles. The van der Waals surface area contributed by atoms with Crippen LogP contribution in [0.15, 0.2) is 0 Å². The Labute approximate surface area is 205 Å². The second-order valence-electron chi connectivity index (χ2n) is 7.18. The van der Waals surface area contributed by atoms with Crippen LogP contribution in [0.1, 0.15) is 11.6 Å². The van der Waals surface area contributed by atoms with E-state index in [1.165, 1.54) is 45.3 Å². The van der Waals surface area contributed by atoms with E-state index < -0.39 is 0 Å². The first-order valence-electron chi connectivity index (χ1n) is 9.57. The number of hydrogen-bond donors (Lipinski definition) is 0. The minimum absolute atomic E-state index is 0.0569. The van der Waals surface area contributed by atoms with Crippen LogP contribution in [-0.2, 0) is 0 Å². The summed E-state index contributed by atoms with van der Waals surface area (Å²) in [7, 11) is 0. The fraction of sp³-hybridized carbons (Fsp3) is 0.0909. The molecule has 0 bridgehead atoms. The Morgan fingerprint density at radius 2 is 0.794 bits per heavy atom. The highest BCUT2D eigenvalue weighted by Gasteiger charge is 2.24. The lowest BCUT2D eigenvalue weighted by Crippen LogP contribution is -1.98. The van der Waals surface area contributed by atoms with E-state index in [4.69, 9.17) is 19.9 Å². The first kappa shape index (κ1) is 20.6. The molecule has 0 unspecified atom stereocenters. The van der Waals surface area contributed by atoms with E-state index in [1.54, 1.807) is 0 Å². The molecule has 0 aliphatic carbocycles. The fourth-order valence-corrected chi connectivity index (χ4v) is 9.02. The van der Waals surface area contributed by atoms with E-state index in [9.17, 15) is 21.0 Å². The number of hydrogen-bond acceptors (Lipinski definition) is 12. The molecule has 0 N–H and O–H groups in total. The van der Waals surface area contributed by atoms with E-state index in [-0.39, 0.29) is 11.1 Å². The third-order valence-electron chi connectivity index (χ3n) is 5.20. The summed E-state index contributed by atoms with van der Waals surface area (Å²) in [6.45, 7) is 3.62. The van der Waals surface area contributed by atoms with E-state index in [0.717, 1.165) is 51.6 Å². The smallest absolute Gasteiger partial charge is 0.156 e. The number of benzene rings is 2. The Balaban J connectivity index is 2.03. The zero-order valence-corrected chi connectivity index (χ0v) is 20.5. The molecular weight excluding hydrogens is 505 g/mol. The molecule has 6 rings (SSSR count). The summed E-state index contributed by atoms with van der Waals surface area (Å²) in [5, 5.41) is 39.3. The van der Waals surface area contributed by atoms with Crippen molar-refractivity contribution in [1.82, 2.24) is 19.9 Å². The van der Waals surface area contributed by atoms with E-state index >= 15 is 0 Å². The minimum atomic E-state index is 0.0569. The van der Waals surface area contributed by atoms with Gasteiger partial charge in [-0.2, -0.15) is 21.0 Å². The third kappa shape index (κ3) is 2.63. The van der Waals surface area contributed by atoms with E-state index in [0.29, 0.717) is 19.3 Å². The molecule has 0 radical (unpaired) electrons. The average Bonchev–Trinajstić information content (AvgIpc) is 3.46. The van der Waals surface area contributed by atoms with Gasteiger partial charge in [0, 0.05) is 10.8 Å². The van der Waals surface area contributed by atoms with Gasteiger partial charge in [0.1, 0.15) is 43.6 Å². The summed E-state index contributed by atoms with van der Waals surface area (Å²) in [4.78, 5) is 19.0. The van der Waals surface area contributed by atoms with Gasteiger partial charge in [-0.1, -0.05) is 0 Å². The highest BCUT2D eigenvalue weighted by atomic mass is 32.2. The van der Waals surface area contributed by atoms with Crippen molar-refractivity contribution in [3.05, 3.63) is 19.3 Å². The number of aromatic nitrogens is 4. The molecule has 0 atom stereocenters. The van der Waals surface area contributed by atoms with Gasteiger partial charge >= 0.3 is 0 Å². The van der Waals surface area contributed by atoms with Crippen LogP contribution < -0.4 is 7.69 Å². The monoisotopic (exact) mass is 510 g/mol. The van der Waals surface area contributed by atoms with Crippen molar-refractivity contribution in [1.29, 1.82) is 21.0 Å². The van der Waals surface area contributed by atoms with Gasteiger partial charge in [-0.25, -0.2) is 19.9 Å². The van der Waals surface area contributed by atoms with Gasteiger partial charge in [-0.15, -0.1) is 45.3 Å². The van der Waals surface area contributed by atoms with Crippen LogP contribution in [0, 0.1) is 59.2 Å². The highest BCUT2D eigenvalue weighted by molar-refractivity contribution is 7.38. The van der Waals surface area contributed by atoms with Crippen molar-refractivity contribution >= 4 is 108 Å². The lowest BCUT2D eigenvalue weighted by Gasteiger charge is -2.12. The maximum atomic E-state index is 9.43. The summed E-state index contributed by atoms with van der Waals surface area (Å²) >= 11 is 5.41. The Morgan fingerprint density at radius 3 is 1.03 bits per heavy atom. The lowest BCUT2D eigenvalue weighted by atomic mass is 10.0. The predicted octanol–water partition coefficient (Wildman–Crippen LogP) is 4.29.